The molecule has 0 aliphatic carbocycles. The van der Waals surface area contributed by atoms with Gasteiger partial charge in [-0.25, -0.2) is 18.4 Å². The largest absolute Gasteiger partial charge is 0.411 e. The summed E-state index contributed by atoms with van der Waals surface area (Å²) in [5.74, 6) is 7.31. The van der Waals surface area contributed by atoms with Crippen LogP contribution in [0.1, 0.15) is 19.8 Å². The highest BCUT2D eigenvalue weighted by Crippen LogP contribution is 2.33. The number of benzene rings is 2. The number of rotatable bonds is 7. The van der Waals surface area contributed by atoms with Crippen molar-refractivity contribution in [2.75, 3.05) is 36.8 Å². The third-order valence-electron chi connectivity index (χ3n) is 5.58. The molecule has 0 atom stereocenters. The van der Waals surface area contributed by atoms with Gasteiger partial charge in [0.15, 0.2) is 11.6 Å². The lowest BCUT2D eigenvalue weighted by Gasteiger charge is -2.35. The predicted molar refractivity (Wildman–Crippen MR) is 127 cm³/mol. The van der Waals surface area contributed by atoms with Gasteiger partial charge in [0.2, 0.25) is 10.0 Å². The van der Waals surface area contributed by atoms with E-state index in [1.807, 2.05) is 31.2 Å². The second-order valence-electron chi connectivity index (χ2n) is 7.70. The summed E-state index contributed by atoms with van der Waals surface area (Å²) in [6.45, 7) is 3.90. The highest BCUT2D eigenvalue weighted by Gasteiger charge is 2.28. The molecule has 1 aromatic heterocycles. The molecular formula is C22H26ClN5O3S. The van der Waals surface area contributed by atoms with E-state index in [9.17, 15) is 8.42 Å². The summed E-state index contributed by atoms with van der Waals surface area (Å²) in [6, 6.07) is 12.8. The number of halogens is 1. The average molecular weight is 476 g/mol. The van der Waals surface area contributed by atoms with E-state index in [0.29, 0.717) is 60.3 Å². The highest BCUT2D eigenvalue weighted by molar-refractivity contribution is 7.89. The van der Waals surface area contributed by atoms with Crippen LogP contribution < -0.4 is 15.6 Å². The fraction of sp³-hybridized carbons (Fsp3) is 0.364. The van der Waals surface area contributed by atoms with Crippen molar-refractivity contribution in [1.29, 1.82) is 0 Å². The number of para-hydroxylation sites is 1. The Hall–Kier alpha value is -2.46. The topological polar surface area (TPSA) is 102 Å². The van der Waals surface area contributed by atoms with E-state index >= 15 is 0 Å². The van der Waals surface area contributed by atoms with Gasteiger partial charge in [0, 0.05) is 36.6 Å². The molecular weight excluding hydrogens is 450 g/mol. The summed E-state index contributed by atoms with van der Waals surface area (Å²) in [4.78, 5) is 16.6. The normalized spacial score (nSPS) is 15.3. The van der Waals surface area contributed by atoms with Crippen molar-refractivity contribution in [3.63, 3.8) is 0 Å². The SMILES string of the molecule is CCCCS(=O)(=O)N1CCN(c2nc(-c3ccccc3ON)nc3cc(Cl)ccc23)CC1. The van der Waals surface area contributed by atoms with E-state index in [1.165, 1.54) is 0 Å². The number of sulfonamides is 1. The van der Waals surface area contributed by atoms with Crippen molar-refractivity contribution in [2.24, 2.45) is 5.90 Å². The molecule has 170 valence electrons. The van der Waals surface area contributed by atoms with Gasteiger partial charge in [-0.1, -0.05) is 37.1 Å². The molecule has 2 aromatic carbocycles. The maximum atomic E-state index is 12.6. The Morgan fingerprint density at radius 3 is 2.56 bits per heavy atom. The average Bonchev–Trinajstić information content (AvgIpc) is 2.82. The molecule has 0 unspecified atom stereocenters. The zero-order chi connectivity index (χ0) is 22.7. The minimum absolute atomic E-state index is 0.193. The van der Waals surface area contributed by atoms with Crippen LogP contribution in [0, 0.1) is 0 Å². The van der Waals surface area contributed by atoms with Gasteiger partial charge in [0.25, 0.3) is 0 Å². The number of anilines is 1. The van der Waals surface area contributed by atoms with Crippen LogP contribution in [0.5, 0.6) is 5.75 Å². The van der Waals surface area contributed by atoms with Gasteiger partial charge in [0.1, 0.15) is 5.82 Å². The summed E-state index contributed by atoms with van der Waals surface area (Å²) < 4.78 is 26.8. The zero-order valence-corrected chi connectivity index (χ0v) is 19.4. The van der Waals surface area contributed by atoms with Gasteiger partial charge in [-0.05, 0) is 36.8 Å². The minimum Gasteiger partial charge on any atom is -0.411 e. The van der Waals surface area contributed by atoms with Crippen LogP contribution in [-0.2, 0) is 10.0 Å². The number of nitrogens with two attached hydrogens (primary N) is 1. The Kier molecular flexibility index (Phi) is 6.80. The Balaban J connectivity index is 1.70. The summed E-state index contributed by atoms with van der Waals surface area (Å²) in [5.41, 5.74) is 1.36. The van der Waals surface area contributed by atoms with Gasteiger partial charge < -0.3 is 9.74 Å². The fourth-order valence-electron chi connectivity index (χ4n) is 3.84. The molecule has 1 aliphatic rings. The van der Waals surface area contributed by atoms with E-state index in [2.05, 4.69) is 4.90 Å². The van der Waals surface area contributed by atoms with Crippen LogP contribution in [0.3, 0.4) is 0 Å². The Morgan fingerprint density at radius 2 is 1.84 bits per heavy atom. The maximum absolute atomic E-state index is 12.6. The number of unbranched alkanes of at least 4 members (excludes halogenated alkanes) is 1. The second kappa shape index (κ2) is 9.58. The lowest BCUT2D eigenvalue weighted by Crippen LogP contribution is -2.49. The minimum atomic E-state index is -3.23. The first kappa shape index (κ1) is 22.7. The first-order valence-electron chi connectivity index (χ1n) is 10.6. The number of nitrogens with zero attached hydrogens (tertiary/aromatic N) is 4. The lowest BCUT2D eigenvalue weighted by molar-refractivity contribution is 0.335. The van der Waals surface area contributed by atoms with Gasteiger partial charge >= 0.3 is 0 Å². The van der Waals surface area contributed by atoms with Crippen molar-refractivity contribution in [2.45, 2.75) is 19.8 Å². The number of hydrogen-bond donors (Lipinski definition) is 1. The van der Waals surface area contributed by atoms with Crippen LogP contribution in [0.4, 0.5) is 5.82 Å². The van der Waals surface area contributed by atoms with E-state index in [1.54, 1.807) is 22.5 Å². The summed E-state index contributed by atoms with van der Waals surface area (Å²) in [6.07, 6.45) is 1.53. The van der Waals surface area contributed by atoms with Crippen molar-refractivity contribution >= 4 is 38.3 Å². The molecule has 0 bridgehead atoms. The molecule has 2 N–H and O–H groups in total. The molecule has 0 spiro atoms. The number of aromatic nitrogens is 2. The Labute approximate surface area is 193 Å². The fourth-order valence-corrected chi connectivity index (χ4v) is 5.63. The van der Waals surface area contributed by atoms with Crippen molar-refractivity contribution in [1.82, 2.24) is 14.3 Å². The van der Waals surface area contributed by atoms with E-state index < -0.39 is 10.0 Å². The summed E-state index contributed by atoms with van der Waals surface area (Å²) in [5, 5.41) is 1.43. The molecule has 1 aliphatic heterocycles. The number of piperazine rings is 1. The van der Waals surface area contributed by atoms with E-state index in [4.69, 9.17) is 32.3 Å². The van der Waals surface area contributed by atoms with E-state index in [0.717, 1.165) is 17.6 Å². The molecule has 10 heteroatoms. The Bertz CT molecular complexity index is 1210. The van der Waals surface area contributed by atoms with Crippen molar-refractivity contribution in [3.05, 3.63) is 47.5 Å². The smallest absolute Gasteiger partial charge is 0.214 e. The third kappa shape index (κ3) is 4.66. The van der Waals surface area contributed by atoms with Crippen LogP contribution in [-0.4, -0.2) is 54.6 Å². The monoisotopic (exact) mass is 475 g/mol. The zero-order valence-electron chi connectivity index (χ0n) is 17.9. The van der Waals surface area contributed by atoms with Gasteiger partial charge in [-0.2, -0.15) is 10.2 Å². The molecule has 2 heterocycles. The van der Waals surface area contributed by atoms with Crippen LogP contribution in [0.2, 0.25) is 5.02 Å². The van der Waals surface area contributed by atoms with Crippen LogP contribution in [0.15, 0.2) is 42.5 Å². The molecule has 0 saturated carbocycles. The first-order chi connectivity index (χ1) is 15.4. The number of fused-ring (bicyclic) bond motifs is 1. The second-order valence-corrected chi connectivity index (χ2v) is 10.2. The molecule has 4 rings (SSSR count). The quantitative estimate of drug-likeness (QED) is 0.522. The maximum Gasteiger partial charge on any atom is 0.214 e. The van der Waals surface area contributed by atoms with Crippen molar-refractivity contribution in [3.8, 4) is 17.1 Å². The molecule has 1 fully saturated rings. The molecule has 3 aromatic rings. The molecule has 0 amide bonds. The molecule has 0 radical (unpaired) electrons. The van der Waals surface area contributed by atoms with Crippen molar-refractivity contribution < 1.29 is 13.3 Å². The highest BCUT2D eigenvalue weighted by atomic mass is 35.5. The predicted octanol–water partition coefficient (Wildman–Crippen LogP) is 3.45. The van der Waals surface area contributed by atoms with Crippen LogP contribution in [0.25, 0.3) is 22.3 Å². The van der Waals surface area contributed by atoms with Gasteiger partial charge in [-0.15, -0.1) is 0 Å². The van der Waals surface area contributed by atoms with Gasteiger partial charge in [-0.3, -0.25) is 0 Å². The molecule has 32 heavy (non-hydrogen) atoms. The van der Waals surface area contributed by atoms with Crippen LogP contribution >= 0.6 is 11.6 Å². The van der Waals surface area contributed by atoms with Gasteiger partial charge in [0.05, 0.1) is 16.8 Å². The lowest BCUT2D eigenvalue weighted by atomic mass is 10.1. The Morgan fingerprint density at radius 1 is 1.09 bits per heavy atom. The molecule has 1 saturated heterocycles. The standard InChI is InChI=1S/C22H26ClN5O3S/c1-2-3-14-32(29,30)28-12-10-27(11-13-28)22-17-9-8-16(23)15-19(17)25-21(26-22)18-6-4-5-7-20(18)31-24/h4-9,15H,2-3,10-14,24H2,1H3. The summed E-state index contributed by atoms with van der Waals surface area (Å²) in [7, 11) is -3.23. The molecule has 8 nitrogen and oxygen atoms in total. The third-order valence-corrected chi connectivity index (χ3v) is 7.77. The number of hydrogen-bond acceptors (Lipinski definition) is 7. The summed E-state index contributed by atoms with van der Waals surface area (Å²) >= 11 is 6.23. The van der Waals surface area contributed by atoms with E-state index in [-0.39, 0.29) is 5.75 Å². The first-order valence-corrected chi connectivity index (χ1v) is 12.6.